The van der Waals surface area contributed by atoms with Crippen molar-refractivity contribution in [1.82, 2.24) is 9.88 Å². The second-order valence-corrected chi connectivity index (χ2v) is 5.20. The molecule has 0 spiro atoms. The first-order chi connectivity index (χ1) is 9.20. The van der Waals surface area contributed by atoms with Gasteiger partial charge in [0.1, 0.15) is 0 Å². The number of likely N-dealkylation sites (tertiary alicyclic amines) is 1. The van der Waals surface area contributed by atoms with Crippen molar-refractivity contribution in [1.29, 1.82) is 0 Å². The zero-order chi connectivity index (χ0) is 13.7. The first kappa shape index (κ1) is 14.3. The molecule has 4 nitrogen and oxygen atoms in total. The maximum Gasteiger partial charge on any atom is 0.227 e. The van der Waals surface area contributed by atoms with Gasteiger partial charge in [0.2, 0.25) is 5.91 Å². The molecule has 0 aromatic carbocycles. The normalized spacial score (nSPS) is 18.8. The third-order valence-corrected chi connectivity index (χ3v) is 3.73. The summed E-state index contributed by atoms with van der Waals surface area (Å²) in [7, 11) is 0. The molecule has 19 heavy (non-hydrogen) atoms. The molecule has 5 heteroatoms. The molecule has 1 aliphatic heterocycles. The van der Waals surface area contributed by atoms with Crippen LogP contribution >= 0.6 is 11.6 Å². The summed E-state index contributed by atoms with van der Waals surface area (Å²) in [5.41, 5.74) is 0.843. The molecular formula is C14H19ClN2O2. The summed E-state index contributed by atoms with van der Waals surface area (Å²) in [4.78, 5) is 18.0. The Morgan fingerprint density at radius 1 is 1.63 bits per heavy atom. The molecule has 1 aromatic heterocycles. The number of amides is 1. The van der Waals surface area contributed by atoms with E-state index in [1.54, 1.807) is 18.5 Å². The van der Waals surface area contributed by atoms with Gasteiger partial charge in [-0.3, -0.25) is 9.78 Å². The minimum Gasteiger partial charge on any atom is -0.381 e. The Labute approximate surface area is 118 Å². The highest BCUT2D eigenvalue weighted by Gasteiger charge is 2.26. The molecule has 104 valence electrons. The van der Waals surface area contributed by atoms with Crippen molar-refractivity contribution in [2.45, 2.75) is 19.8 Å². The van der Waals surface area contributed by atoms with Gasteiger partial charge in [-0.05, 0) is 25.0 Å². The van der Waals surface area contributed by atoms with Crippen LogP contribution < -0.4 is 0 Å². The van der Waals surface area contributed by atoms with Gasteiger partial charge in [0.05, 0.1) is 18.1 Å². The third-order valence-electron chi connectivity index (χ3n) is 3.39. The number of aromatic nitrogens is 1. The quantitative estimate of drug-likeness (QED) is 0.831. The first-order valence-corrected chi connectivity index (χ1v) is 7.02. The van der Waals surface area contributed by atoms with Crippen molar-refractivity contribution in [2.24, 2.45) is 5.92 Å². The van der Waals surface area contributed by atoms with Gasteiger partial charge >= 0.3 is 0 Å². The van der Waals surface area contributed by atoms with Gasteiger partial charge in [0.15, 0.2) is 0 Å². The molecule has 0 bridgehead atoms. The van der Waals surface area contributed by atoms with Gasteiger partial charge < -0.3 is 9.64 Å². The van der Waals surface area contributed by atoms with Crippen LogP contribution in [0.25, 0.3) is 0 Å². The largest absolute Gasteiger partial charge is 0.381 e. The number of pyridine rings is 1. The highest BCUT2D eigenvalue weighted by molar-refractivity contribution is 6.31. The molecule has 1 aliphatic rings. The Bertz CT molecular complexity index is 439. The van der Waals surface area contributed by atoms with E-state index in [0.717, 1.165) is 38.3 Å². The van der Waals surface area contributed by atoms with E-state index in [9.17, 15) is 4.79 Å². The second-order valence-electron chi connectivity index (χ2n) is 4.80. The lowest BCUT2D eigenvalue weighted by molar-refractivity contribution is -0.129. The molecule has 1 fully saturated rings. The van der Waals surface area contributed by atoms with Gasteiger partial charge in [-0.25, -0.2) is 0 Å². The van der Waals surface area contributed by atoms with Crippen LogP contribution in [0, 0.1) is 5.92 Å². The Hall–Kier alpha value is -1.13. The molecule has 0 aliphatic carbocycles. The average molecular weight is 283 g/mol. The van der Waals surface area contributed by atoms with Crippen LogP contribution in [0.1, 0.15) is 18.9 Å². The number of ether oxygens (including phenoxy) is 1. The van der Waals surface area contributed by atoms with Crippen LogP contribution in [-0.4, -0.2) is 42.1 Å². The van der Waals surface area contributed by atoms with Crippen LogP contribution in [-0.2, 0) is 16.0 Å². The summed E-state index contributed by atoms with van der Waals surface area (Å²) in [5.74, 6) is 0.601. The van der Waals surface area contributed by atoms with Gasteiger partial charge in [-0.2, -0.15) is 0 Å². The highest BCUT2D eigenvalue weighted by atomic mass is 35.5. The van der Waals surface area contributed by atoms with Crippen molar-refractivity contribution in [3.8, 4) is 0 Å². The molecule has 0 unspecified atom stereocenters. The predicted octanol–water partition coefficient (Wildman–Crippen LogP) is 2.16. The third kappa shape index (κ3) is 3.91. The molecule has 1 atom stereocenters. The number of rotatable bonds is 5. The molecule has 1 saturated heterocycles. The SMILES string of the molecule is CCOC[C@H]1CCN(C(=O)Cc2ccncc2Cl)C1. The van der Waals surface area contributed by atoms with E-state index in [1.807, 2.05) is 11.8 Å². The lowest BCUT2D eigenvalue weighted by Crippen LogP contribution is -2.30. The van der Waals surface area contributed by atoms with Gasteiger partial charge in [0, 0.05) is 38.0 Å². The van der Waals surface area contributed by atoms with Gasteiger partial charge in [-0.15, -0.1) is 0 Å². The maximum absolute atomic E-state index is 12.2. The van der Waals surface area contributed by atoms with E-state index in [0.29, 0.717) is 17.4 Å². The summed E-state index contributed by atoms with van der Waals surface area (Å²) in [5, 5.41) is 0.556. The highest BCUT2D eigenvalue weighted by Crippen LogP contribution is 2.20. The number of carbonyl (C=O) groups is 1. The lowest BCUT2D eigenvalue weighted by Gasteiger charge is -2.17. The molecule has 1 aromatic rings. The monoisotopic (exact) mass is 282 g/mol. The Kier molecular flexibility index (Phi) is 5.16. The van der Waals surface area contributed by atoms with Crippen molar-refractivity contribution in [3.05, 3.63) is 29.0 Å². The average Bonchev–Trinajstić information content (AvgIpc) is 2.88. The minimum atomic E-state index is 0.132. The summed E-state index contributed by atoms with van der Waals surface area (Å²) >= 11 is 6.02. The molecule has 1 amide bonds. The number of hydrogen-bond donors (Lipinski definition) is 0. The first-order valence-electron chi connectivity index (χ1n) is 6.64. The van der Waals surface area contributed by atoms with Crippen LogP contribution in [0.2, 0.25) is 5.02 Å². The van der Waals surface area contributed by atoms with E-state index < -0.39 is 0 Å². The fraction of sp³-hybridized carbons (Fsp3) is 0.571. The van der Waals surface area contributed by atoms with Gasteiger partial charge in [-0.1, -0.05) is 11.6 Å². The standard InChI is InChI=1S/C14H19ClN2O2/c1-2-19-10-11-4-6-17(9-11)14(18)7-12-3-5-16-8-13(12)15/h3,5,8,11H,2,4,6-7,9-10H2,1H3/t11-/m0/s1. The predicted molar refractivity (Wildman–Crippen MR) is 74.1 cm³/mol. The van der Waals surface area contributed by atoms with Gasteiger partial charge in [0.25, 0.3) is 0 Å². The molecule has 0 radical (unpaired) electrons. The van der Waals surface area contributed by atoms with E-state index in [-0.39, 0.29) is 5.91 Å². The van der Waals surface area contributed by atoms with Crippen LogP contribution in [0.4, 0.5) is 0 Å². The maximum atomic E-state index is 12.2. The minimum absolute atomic E-state index is 0.132. The van der Waals surface area contributed by atoms with Crippen LogP contribution in [0.5, 0.6) is 0 Å². The number of halogens is 1. The summed E-state index contributed by atoms with van der Waals surface area (Å²) in [6.07, 6.45) is 4.61. The van der Waals surface area contributed by atoms with Crippen molar-refractivity contribution < 1.29 is 9.53 Å². The van der Waals surface area contributed by atoms with Crippen molar-refractivity contribution >= 4 is 17.5 Å². The summed E-state index contributed by atoms with van der Waals surface area (Å²) < 4.78 is 5.42. The Morgan fingerprint density at radius 2 is 2.47 bits per heavy atom. The lowest BCUT2D eigenvalue weighted by atomic mass is 10.1. The Balaban J connectivity index is 1.86. The van der Waals surface area contributed by atoms with Crippen molar-refractivity contribution in [2.75, 3.05) is 26.3 Å². The number of carbonyl (C=O) groups excluding carboxylic acids is 1. The molecule has 0 saturated carbocycles. The molecule has 2 heterocycles. The molecule has 2 rings (SSSR count). The molecule has 0 N–H and O–H groups in total. The van der Waals surface area contributed by atoms with Crippen molar-refractivity contribution in [3.63, 3.8) is 0 Å². The van der Waals surface area contributed by atoms with E-state index >= 15 is 0 Å². The Morgan fingerprint density at radius 3 is 3.21 bits per heavy atom. The fourth-order valence-corrected chi connectivity index (χ4v) is 2.49. The fourth-order valence-electron chi connectivity index (χ4n) is 2.30. The van der Waals surface area contributed by atoms with E-state index in [1.165, 1.54) is 0 Å². The van der Waals surface area contributed by atoms with Crippen LogP contribution in [0.3, 0.4) is 0 Å². The number of nitrogens with zero attached hydrogens (tertiary/aromatic N) is 2. The summed E-state index contributed by atoms with van der Waals surface area (Å²) in [6, 6.07) is 1.80. The van der Waals surface area contributed by atoms with E-state index in [4.69, 9.17) is 16.3 Å². The van der Waals surface area contributed by atoms with E-state index in [2.05, 4.69) is 4.98 Å². The topological polar surface area (TPSA) is 42.4 Å². The zero-order valence-corrected chi connectivity index (χ0v) is 11.9. The second kappa shape index (κ2) is 6.87. The smallest absolute Gasteiger partial charge is 0.227 e. The molecular weight excluding hydrogens is 264 g/mol. The number of hydrogen-bond acceptors (Lipinski definition) is 3. The summed E-state index contributed by atoms with van der Waals surface area (Å²) in [6.45, 7) is 5.08. The zero-order valence-electron chi connectivity index (χ0n) is 11.1. The van der Waals surface area contributed by atoms with Crippen LogP contribution in [0.15, 0.2) is 18.5 Å².